The predicted molar refractivity (Wildman–Crippen MR) is 78.4 cm³/mol. The number of hydrogen-bond donors (Lipinski definition) is 1. The van der Waals surface area contributed by atoms with Crippen molar-refractivity contribution in [3.63, 3.8) is 0 Å². The number of amides is 2. The van der Waals surface area contributed by atoms with Crippen molar-refractivity contribution in [2.75, 3.05) is 33.4 Å². The van der Waals surface area contributed by atoms with Crippen molar-refractivity contribution in [1.29, 1.82) is 0 Å². The molecule has 0 spiro atoms. The van der Waals surface area contributed by atoms with E-state index >= 15 is 0 Å². The van der Waals surface area contributed by atoms with Crippen molar-refractivity contribution < 1.29 is 27.9 Å². The van der Waals surface area contributed by atoms with Crippen LogP contribution in [-0.2, 0) is 20.9 Å². The fraction of sp³-hybridized carbons (Fsp3) is 0.600. The van der Waals surface area contributed by atoms with E-state index in [2.05, 4.69) is 10.1 Å². The number of carbonyl (C=O) groups is 2. The zero-order valence-corrected chi connectivity index (χ0v) is 13.0. The first kappa shape index (κ1) is 17.3. The topological polar surface area (TPSA) is 81.0 Å². The zero-order chi connectivity index (χ0) is 16.7. The van der Waals surface area contributed by atoms with Gasteiger partial charge in [0.05, 0.1) is 19.9 Å². The SMILES string of the molecule is COC(=O)[C@@]1(F)CCN(C(=O)NCCCOCc2ccco2)C1. The summed E-state index contributed by atoms with van der Waals surface area (Å²) in [5, 5.41) is 2.68. The molecule has 1 N–H and O–H groups in total. The second kappa shape index (κ2) is 7.96. The van der Waals surface area contributed by atoms with Gasteiger partial charge in [0.25, 0.3) is 0 Å². The van der Waals surface area contributed by atoms with Crippen LogP contribution in [0.5, 0.6) is 0 Å². The van der Waals surface area contributed by atoms with Crippen molar-refractivity contribution in [2.45, 2.75) is 25.1 Å². The van der Waals surface area contributed by atoms with E-state index in [4.69, 9.17) is 9.15 Å². The first-order valence-corrected chi connectivity index (χ1v) is 7.45. The molecule has 2 rings (SSSR count). The summed E-state index contributed by atoms with van der Waals surface area (Å²) in [6.45, 7) is 1.17. The molecular weight excluding hydrogens is 307 g/mol. The second-order valence-corrected chi connectivity index (χ2v) is 5.35. The van der Waals surface area contributed by atoms with Gasteiger partial charge in [0, 0.05) is 26.1 Å². The van der Waals surface area contributed by atoms with Gasteiger partial charge in [-0.05, 0) is 18.6 Å². The minimum atomic E-state index is -2.10. The van der Waals surface area contributed by atoms with Crippen LogP contribution >= 0.6 is 0 Å². The van der Waals surface area contributed by atoms with Crippen LogP contribution in [0.3, 0.4) is 0 Å². The Hall–Kier alpha value is -2.09. The fourth-order valence-corrected chi connectivity index (χ4v) is 2.34. The molecule has 1 saturated heterocycles. The Balaban J connectivity index is 1.59. The summed E-state index contributed by atoms with van der Waals surface area (Å²) in [5.74, 6) is -0.188. The first-order chi connectivity index (χ1) is 11.0. The molecule has 1 fully saturated rings. The average Bonchev–Trinajstić information content (AvgIpc) is 3.20. The van der Waals surface area contributed by atoms with E-state index in [9.17, 15) is 14.0 Å². The molecule has 0 unspecified atom stereocenters. The van der Waals surface area contributed by atoms with Gasteiger partial charge < -0.3 is 24.1 Å². The molecule has 1 aromatic rings. The molecule has 23 heavy (non-hydrogen) atoms. The van der Waals surface area contributed by atoms with E-state index < -0.39 is 11.6 Å². The number of rotatable bonds is 7. The van der Waals surface area contributed by atoms with Crippen molar-refractivity contribution in [3.8, 4) is 0 Å². The van der Waals surface area contributed by atoms with E-state index in [1.54, 1.807) is 12.3 Å². The van der Waals surface area contributed by atoms with Gasteiger partial charge in [-0.2, -0.15) is 0 Å². The van der Waals surface area contributed by atoms with Crippen LogP contribution in [0.4, 0.5) is 9.18 Å². The molecule has 1 aliphatic rings. The fourth-order valence-electron chi connectivity index (χ4n) is 2.34. The smallest absolute Gasteiger partial charge is 0.345 e. The van der Waals surface area contributed by atoms with E-state index in [1.165, 1.54) is 4.90 Å². The Bertz CT molecular complexity index is 522. The minimum absolute atomic E-state index is 0.0423. The highest BCUT2D eigenvalue weighted by Gasteiger charge is 2.47. The standard InChI is InChI=1S/C15H21FN2O5/c1-21-13(19)15(16)5-7-18(11-15)14(20)17-6-3-8-22-10-12-4-2-9-23-12/h2,4,9H,3,5-8,10-11H2,1H3,(H,17,20)/t15-/m1/s1. The summed E-state index contributed by atoms with van der Waals surface area (Å²) in [7, 11) is 1.13. The lowest BCUT2D eigenvalue weighted by Gasteiger charge is -2.19. The lowest BCUT2D eigenvalue weighted by molar-refractivity contribution is -0.153. The molecule has 2 heterocycles. The number of hydrogen-bond acceptors (Lipinski definition) is 5. The summed E-state index contributed by atoms with van der Waals surface area (Å²) < 4.78 is 29.1. The maximum atomic E-state index is 14.2. The molecule has 0 aliphatic carbocycles. The lowest BCUT2D eigenvalue weighted by Crippen LogP contribution is -2.43. The van der Waals surface area contributed by atoms with Gasteiger partial charge in [-0.1, -0.05) is 0 Å². The Morgan fingerprint density at radius 3 is 3.04 bits per heavy atom. The molecule has 1 aliphatic heterocycles. The minimum Gasteiger partial charge on any atom is -0.467 e. The molecule has 0 aromatic carbocycles. The van der Waals surface area contributed by atoms with Gasteiger partial charge in [0.2, 0.25) is 5.67 Å². The highest BCUT2D eigenvalue weighted by atomic mass is 19.1. The molecular formula is C15H21FN2O5. The molecule has 2 amide bonds. The number of carbonyl (C=O) groups excluding carboxylic acids is 2. The van der Waals surface area contributed by atoms with Crippen molar-refractivity contribution >= 4 is 12.0 Å². The monoisotopic (exact) mass is 328 g/mol. The summed E-state index contributed by atoms with van der Waals surface area (Å²) in [4.78, 5) is 24.5. The third-order valence-corrected chi connectivity index (χ3v) is 3.62. The van der Waals surface area contributed by atoms with Crippen molar-refractivity contribution in [1.82, 2.24) is 10.2 Å². The third kappa shape index (κ3) is 4.69. The number of urea groups is 1. The molecule has 1 atom stereocenters. The number of methoxy groups -OCH3 is 1. The van der Waals surface area contributed by atoms with E-state index in [0.29, 0.717) is 26.2 Å². The second-order valence-electron chi connectivity index (χ2n) is 5.35. The normalized spacial score (nSPS) is 20.5. The Morgan fingerprint density at radius 1 is 1.52 bits per heavy atom. The summed E-state index contributed by atoms with van der Waals surface area (Å²) in [5.41, 5.74) is -2.10. The summed E-state index contributed by atoms with van der Waals surface area (Å²) in [6.07, 6.45) is 2.16. The highest BCUT2D eigenvalue weighted by Crippen LogP contribution is 2.26. The van der Waals surface area contributed by atoms with Crippen LogP contribution < -0.4 is 5.32 Å². The molecule has 1 aromatic heterocycles. The number of halogens is 1. The quantitative estimate of drug-likeness (QED) is 0.606. The number of likely N-dealkylation sites (tertiary alicyclic amines) is 1. The molecule has 0 bridgehead atoms. The van der Waals surface area contributed by atoms with E-state index in [0.717, 1.165) is 12.9 Å². The van der Waals surface area contributed by atoms with Crippen molar-refractivity contribution in [3.05, 3.63) is 24.2 Å². The predicted octanol–water partition coefficient (Wildman–Crippen LogP) is 1.48. The molecule has 0 radical (unpaired) electrons. The van der Waals surface area contributed by atoms with Crippen LogP contribution in [-0.4, -0.2) is 55.9 Å². The van der Waals surface area contributed by atoms with Crippen LogP contribution in [0, 0.1) is 0 Å². The molecule has 0 saturated carbocycles. The number of nitrogens with zero attached hydrogens (tertiary/aromatic N) is 1. The van der Waals surface area contributed by atoms with Crippen LogP contribution in [0.2, 0.25) is 0 Å². The van der Waals surface area contributed by atoms with Gasteiger partial charge in [0.15, 0.2) is 0 Å². The number of furan rings is 1. The Kier molecular flexibility index (Phi) is 5.97. The largest absolute Gasteiger partial charge is 0.467 e. The highest BCUT2D eigenvalue weighted by molar-refractivity contribution is 5.82. The summed E-state index contributed by atoms with van der Waals surface area (Å²) in [6, 6.07) is 3.22. The molecule has 128 valence electrons. The van der Waals surface area contributed by atoms with Crippen molar-refractivity contribution in [2.24, 2.45) is 0 Å². The molecule has 7 nitrogen and oxygen atoms in total. The number of ether oxygens (including phenoxy) is 2. The van der Waals surface area contributed by atoms with Gasteiger partial charge in [-0.15, -0.1) is 0 Å². The van der Waals surface area contributed by atoms with Crippen LogP contribution in [0.25, 0.3) is 0 Å². The first-order valence-electron chi connectivity index (χ1n) is 7.45. The molecule has 8 heteroatoms. The van der Waals surface area contributed by atoms with Crippen LogP contribution in [0.1, 0.15) is 18.6 Å². The van der Waals surface area contributed by atoms with Gasteiger partial charge in [-0.25, -0.2) is 14.0 Å². The number of nitrogens with one attached hydrogen (secondary N) is 1. The van der Waals surface area contributed by atoms with E-state index in [-0.39, 0.29) is 25.5 Å². The number of esters is 1. The van der Waals surface area contributed by atoms with E-state index in [1.807, 2.05) is 6.07 Å². The Labute approximate surface area is 133 Å². The zero-order valence-electron chi connectivity index (χ0n) is 13.0. The Morgan fingerprint density at radius 2 is 2.35 bits per heavy atom. The maximum Gasteiger partial charge on any atom is 0.345 e. The van der Waals surface area contributed by atoms with Gasteiger partial charge in [-0.3, -0.25) is 0 Å². The van der Waals surface area contributed by atoms with Gasteiger partial charge >= 0.3 is 12.0 Å². The van der Waals surface area contributed by atoms with Gasteiger partial charge in [0.1, 0.15) is 12.4 Å². The maximum absolute atomic E-state index is 14.2. The third-order valence-electron chi connectivity index (χ3n) is 3.62. The lowest BCUT2D eigenvalue weighted by atomic mass is 10.1. The number of alkyl halides is 1. The average molecular weight is 328 g/mol. The summed E-state index contributed by atoms with van der Waals surface area (Å²) >= 11 is 0. The van der Waals surface area contributed by atoms with Crippen LogP contribution in [0.15, 0.2) is 22.8 Å².